The topological polar surface area (TPSA) is 55.4 Å². The molecule has 1 aliphatic carbocycles. The summed E-state index contributed by atoms with van der Waals surface area (Å²) in [5.74, 6) is -5.26. The van der Waals surface area contributed by atoms with Gasteiger partial charge in [-0.05, 0) is 75.4 Å². The lowest BCUT2D eigenvalue weighted by molar-refractivity contribution is -0.178. The van der Waals surface area contributed by atoms with Crippen molar-refractivity contribution in [3.8, 4) is 0 Å². The molecule has 2 aromatic carbocycles. The molecule has 1 fully saturated rings. The Balaban J connectivity index is 1.82. The van der Waals surface area contributed by atoms with E-state index in [1.807, 2.05) is 0 Å². The van der Waals surface area contributed by atoms with Crippen LogP contribution < -0.4 is 5.32 Å². The average molecular weight is 530 g/mol. The van der Waals surface area contributed by atoms with Crippen molar-refractivity contribution in [2.45, 2.75) is 70.8 Å². The highest BCUT2D eigenvalue weighted by Gasteiger charge is 2.52. The van der Waals surface area contributed by atoms with Gasteiger partial charge in [-0.3, -0.25) is 9.59 Å². The molecule has 1 saturated carbocycles. The van der Waals surface area contributed by atoms with Crippen molar-refractivity contribution in [2.75, 3.05) is 5.32 Å². The molecule has 0 spiro atoms. The number of ether oxygens (including phenoxy) is 1. The third kappa shape index (κ3) is 7.26. The standard InChI is InChI=1S/C27H29F6NO3/c1-16(26(28,29)30)21(18-8-10-19(11-9-18)27(31,32)33)22(35)34-20-7-5-6-17(14-20)15-25(12-13-25)23(36)37-24(2,3)4/h5-11,14,16,21H,12-13,15H2,1-4H3,(H,34,35). The van der Waals surface area contributed by atoms with Crippen LogP contribution in [0.1, 0.15) is 63.1 Å². The van der Waals surface area contributed by atoms with Gasteiger partial charge in [0.25, 0.3) is 0 Å². The van der Waals surface area contributed by atoms with Crippen molar-refractivity contribution in [3.63, 3.8) is 0 Å². The summed E-state index contributed by atoms with van der Waals surface area (Å²) in [5, 5.41) is 2.48. The molecule has 0 aromatic heterocycles. The third-order valence-electron chi connectivity index (χ3n) is 6.32. The van der Waals surface area contributed by atoms with Crippen molar-refractivity contribution in [1.82, 2.24) is 0 Å². The number of carbonyl (C=O) groups is 2. The summed E-state index contributed by atoms with van der Waals surface area (Å²) in [7, 11) is 0. The smallest absolute Gasteiger partial charge is 0.416 e. The Morgan fingerprint density at radius 3 is 2.05 bits per heavy atom. The van der Waals surface area contributed by atoms with Gasteiger partial charge in [0.15, 0.2) is 0 Å². The molecule has 4 nitrogen and oxygen atoms in total. The first-order valence-corrected chi connectivity index (χ1v) is 11.8. The second kappa shape index (κ2) is 10.0. The average Bonchev–Trinajstić information content (AvgIpc) is 3.53. The summed E-state index contributed by atoms with van der Waals surface area (Å²) in [6, 6.07) is 9.52. The molecule has 2 aromatic rings. The van der Waals surface area contributed by atoms with Crippen LogP contribution in [0.2, 0.25) is 0 Å². The number of alkyl halides is 6. The first-order valence-electron chi connectivity index (χ1n) is 11.8. The first kappa shape index (κ1) is 28.5. The number of carbonyl (C=O) groups excluding carboxylic acids is 2. The molecule has 2 atom stereocenters. The third-order valence-corrected chi connectivity index (χ3v) is 6.32. The predicted octanol–water partition coefficient (Wildman–Crippen LogP) is 7.29. The number of hydrogen-bond donors (Lipinski definition) is 1. The number of benzene rings is 2. The van der Waals surface area contributed by atoms with E-state index in [0.717, 1.165) is 19.1 Å². The van der Waals surface area contributed by atoms with E-state index in [2.05, 4.69) is 5.32 Å². The monoisotopic (exact) mass is 529 g/mol. The van der Waals surface area contributed by atoms with E-state index in [0.29, 0.717) is 37.0 Å². The van der Waals surface area contributed by atoms with Crippen LogP contribution in [0.4, 0.5) is 32.0 Å². The summed E-state index contributed by atoms with van der Waals surface area (Å²) < 4.78 is 85.1. The first-order chi connectivity index (χ1) is 16.9. The van der Waals surface area contributed by atoms with Crippen LogP contribution in [-0.4, -0.2) is 23.7 Å². The van der Waals surface area contributed by atoms with E-state index >= 15 is 0 Å². The maximum absolute atomic E-state index is 13.6. The number of rotatable bonds is 7. The van der Waals surface area contributed by atoms with E-state index in [1.54, 1.807) is 39.0 Å². The zero-order valence-corrected chi connectivity index (χ0v) is 20.9. The number of halogens is 6. The predicted molar refractivity (Wildman–Crippen MR) is 126 cm³/mol. The van der Waals surface area contributed by atoms with E-state index in [4.69, 9.17) is 4.74 Å². The normalized spacial score (nSPS) is 17.0. The fourth-order valence-electron chi connectivity index (χ4n) is 4.10. The van der Waals surface area contributed by atoms with Crippen LogP contribution in [0.15, 0.2) is 48.5 Å². The molecule has 10 heteroatoms. The number of nitrogens with one attached hydrogen (secondary N) is 1. The molecule has 0 aliphatic heterocycles. The Hall–Kier alpha value is -3.04. The van der Waals surface area contributed by atoms with E-state index in [-0.39, 0.29) is 17.2 Å². The minimum absolute atomic E-state index is 0.187. The molecular weight excluding hydrogens is 500 g/mol. The highest BCUT2D eigenvalue weighted by atomic mass is 19.4. The second-order valence-electron chi connectivity index (χ2n) is 10.6. The molecule has 1 N–H and O–H groups in total. The molecular formula is C27H29F6NO3. The van der Waals surface area contributed by atoms with Crippen LogP contribution in [0.5, 0.6) is 0 Å². The fraction of sp³-hybridized carbons (Fsp3) is 0.481. The Bertz CT molecular complexity index is 1130. The van der Waals surface area contributed by atoms with Crippen LogP contribution in [-0.2, 0) is 26.9 Å². The summed E-state index contributed by atoms with van der Waals surface area (Å²) in [6.45, 7) is 6.13. The lowest BCUT2D eigenvalue weighted by Crippen LogP contribution is -2.34. The Labute approximate surface area is 211 Å². The van der Waals surface area contributed by atoms with E-state index in [9.17, 15) is 35.9 Å². The summed E-state index contributed by atoms with van der Waals surface area (Å²) in [6.07, 6.45) is -7.81. The van der Waals surface area contributed by atoms with Crippen LogP contribution in [0.25, 0.3) is 0 Å². The maximum atomic E-state index is 13.6. The molecule has 0 radical (unpaired) electrons. The second-order valence-corrected chi connectivity index (χ2v) is 10.6. The summed E-state index contributed by atoms with van der Waals surface area (Å²) in [5.41, 5.74) is -1.63. The van der Waals surface area contributed by atoms with Crippen LogP contribution in [0.3, 0.4) is 0 Å². The Kier molecular flexibility index (Phi) is 7.73. The van der Waals surface area contributed by atoms with Crippen molar-refractivity contribution >= 4 is 17.6 Å². The number of anilines is 1. The quantitative estimate of drug-likeness (QED) is 0.303. The van der Waals surface area contributed by atoms with Crippen molar-refractivity contribution < 1.29 is 40.7 Å². The molecule has 3 rings (SSSR count). The van der Waals surface area contributed by atoms with Gasteiger partial charge in [-0.2, -0.15) is 26.3 Å². The fourth-order valence-corrected chi connectivity index (χ4v) is 4.10. The largest absolute Gasteiger partial charge is 0.460 e. The summed E-state index contributed by atoms with van der Waals surface area (Å²) in [4.78, 5) is 25.7. The molecule has 0 heterocycles. The zero-order chi connectivity index (χ0) is 27.8. The Morgan fingerprint density at radius 1 is 0.973 bits per heavy atom. The summed E-state index contributed by atoms with van der Waals surface area (Å²) >= 11 is 0. The van der Waals surface area contributed by atoms with Gasteiger partial charge in [0.05, 0.1) is 22.8 Å². The van der Waals surface area contributed by atoms with Gasteiger partial charge in [0.1, 0.15) is 5.60 Å². The van der Waals surface area contributed by atoms with Gasteiger partial charge in [-0.1, -0.05) is 31.2 Å². The lowest BCUT2D eigenvalue weighted by Gasteiger charge is -2.26. The Morgan fingerprint density at radius 2 is 1.57 bits per heavy atom. The van der Waals surface area contributed by atoms with Gasteiger partial charge < -0.3 is 10.1 Å². The van der Waals surface area contributed by atoms with Gasteiger partial charge in [-0.15, -0.1) is 0 Å². The van der Waals surface area contributed by atoms with Gasteiger partial charge in [0, 0.05) is 5.69 Å². The maximum Gasteiger partial charge on any atom is 0.416 e. The lowest BCUT2D eigenvalue weighted by atomic mass is 9.85. The molecule has 1 aliphatic rings. The van der Waals surface area contributed by atoms with Crippen LogP contribution >= 0.6 is 0 Å². The van der Waals surface area contributed by atoms with Crippen molar-refractivity contribution in [3.05, 3.63) is 65.2 Å². The SMILES string of the molecule is CC(C(C(=O)Nc1cccc(CC2(C(=O)OC(C)(C)C)CC2)c1)c1ccc(C(F)(F)F)cc1)C(F)(F)F. The molecule has 1 amide bonds. The number of esters is 1. The van der Waals surface area contributed by atoms with Crippen molar-refractivity contribution in [1.29, 1.82) is 0 Å². The van der Waals surface area contributed by atoms with Crippen molar-refractivity contribution in [2.24, 2.45) is 11.3 Å². The number of hydrogen-bond acceptors (Lipinski definition) is 3. The minimum Gasteiger partial charge on any atom is -0.460 e. The molecule has 37 heavy (non-hydrogen) atoms. The van der Waals surface area contributed by atoms with Gasteiger partial charge in [-0.25, -0.2) is 0 Å². The highest BCUT2D eigenvalue weighted by Crippen LogP contribution is 2.50. The van der Waals surface area contributed by atoms with Gasteiger partial charge >= 0.3 is 18.3 Å². The molecule has 202 valence electrons. The highest BCUT2D eigenvalue weighted by molar-refractivity contribution is 5.96. The molecule has 0 saturated heterocycles. The van der Waals surface area contributed by atoms with E-state index < -0.39 is 46.7 Å². The van der Waals surface area contributed by atoms with Crippen LogP contribution in [0, 0.1) is 11.3 Å². The van der Waals surface area contributed by atoms with Gasteiger partial charge in [0.2, 0.25) is 5.91 Å². The number of amides is 1. The molecule has 2 unspecified atom stereocenters. The zero-order valence-electron chi connectivity index (χ0n) is 20.9. The molecule has 0 bridgehead atoms. The van der Waals surface area contributed by atoms with E-state index in [1.165, 1.54) is 6.07 Å². The minimum atomic E-state index is -4.77.